The molecule has 2 fully saturated rings. The number of morpholine rings is 1. The van der Waals surface area contributed by atoms with Crippen LogP contribution in [0.1, 0.15) is 37.3 Å². The van der Waals surface area contributed by atoms with Gasteiger partial charge in [-0.1, -0.05) is 0 Å². The number of hydrogen-bond donors (Lipinski definition) is 1. The van der Waals surface area contributed by atoms with Gasteiger partial charge in [0.25, 0.3) is 0 Å². The fourth-order valence-electron chi connectivity index (χ4n) is 2.60. The Bertz CT molecular complexity index is 485. The minimum Gasteiger partial charge on any atom is -0.378 e. The van der Waals surface area contributed by atoms with Crippen LogP contribution in [0.3, 0.4) is 0 Å². The van der Waals surface area contributed by atoms with E-state index in [9.17, 15) is 0 Å². The first-order valence-corrected chi connectivity index (χ1v) is 8.49. The van der Waals surface area contributed by atoms with Crippen molar-refractivity contribution in [3.8, 4) is 0 Å². The summed E-state index contributed by atoms with van der Waals surface area (Å²) in [5.41, 5.74) is 0.979. The Kier molecular flexibility index (Phi) is 4.49. The third-order valence-corrected chi connectivity index (χ3v) is 5.03. The fourth-order valence-corrected chi connectivity index (χ4v) is 3.64. The molecule has 21 heavy (non-hydrogen) atoms. The van der Waals surface area contributed by atoms with Crippen molar-refractivity contribution < 1.29 is 9.47 Å². The summed E-state index contributed by atoms with van der Waals surface area (Å²) in [6, 6.07) is 0.716. The predicted octanol–water partition coefficient (Wildman–Crippen LogP) is 2.16. The summed E-state index contributed by atoms with van der Waals surface area (Å²) in [5.74, 6) is 0. The Morgan fingerprint density at radius 3 is 2.95 bits per heavy atom. The lowest BCUT2D eigenvalue weighted by Crippen LogP contribution is -2.48. The maximum Gasteiger partial charge on any atom is 0.186 e. The van der Waals surface area contributed by atoms with Crippen LogP contribution in [0.15, 0.2) is 0 Å². The molecule has 0 amide bonds. The molecule has 2 heterocycles. The third kappa shape index (κ3) is 3.94. The Balaban J connectivity index is 1.72. The summed E-state index contributed by atoms with van der Waals surface area (Å²) in [5, 5.41) is 4.68. The SMILES string of the molecule is COCc1nc(N2CCOC(C)(C)C2)sc1CNC1CC1. The first kappa shape index (κ1) is 15.2. The van der Waals surface area contributed by atoms with Crippen LogP contribution in [-0.2, 0) is 22.6 Å². The van der Waals surface area contributed by atoms with E-state index in [1.807, 2.05) is 0 Å². The van der Waals surface area contributed by atoms with Gasteiger partial charge in [0, 0.05) is 37.7 Å². The predicted molar refractivity (Wildman–Crippen MR) is 84.9 cm³/mol. The zero-order chi connectivity index (χ0) is 14.9. The lowest BCUT2D eigenvalue weighted by Gasteiger charge is -2.38. The van der Waals surface area contributed by atoms with Gasteiger partial charge in [-0.3, -0.25) is 0 Å². The highest BCUT2D eigenvalue weighted by Gasteiger charge is 2.29. The minimum absolute atomic E-state index is 0.0994. The summed E-state index contributed by atoms with van der Waals surface area (Å²) < 4.78 is 11.1. The van der Waals surface area contributed by atoms with E-state index in [0.717, 1.165) is 37.1 Å². The number of nitrogens with zero attached hydrogens (tertiary/aromatic N) is 2. The van der Waals surface area contributed by atoms with Crippen LogP contribution >= 0.6 is 11.3 Å². The van der Waals surface area contributed by atoms with Crippen LogP contribution in [0, 0.1) is 0 Å². The summed E-state index contributed by atoms with van der Waals surface area (Å²) in [6.07, 6.45) is 2.62. The van der Waals surface area contributed by atoms with Gasteiger partial charge in [-0.05, 0) is 26.7 Å². The number of aromatic nitrogens is 1. The molecule has 118 valence electrons. The maximum absolute atomic E-state index is 5.79. The molecule has 2 aliphatic rings. The molecule has 0 radical (unpaired) electrons. The van der Waals surface area contributed by atoms with Crippen LogP contribution in [0.25, 0.3) is 0 Å². The normalized spacial score (nSPS) is 21.8. The largest absolute Gasteiger partial charge is 0.378 e. The number of hydrogen-bond acceptors (Lipinski definition) is 6. The topological polar surface area (TPSA) is 46.6 Å². The molecule has 1 aliphatic heterocycles. The summed E-state index contributed by atoms with van der Waals surface area (Å²) in [7, 11) is 1.73. The Hall–Kier alpha value is -0.690. The van der Waals surface area contributed by atoms with Crippen molar-refractivity contribution in [2.45, 2.75) is 51.5 Å². The van der Waals surface area contributed by atoms with E-state index in [1.54, 1.807) is 18.4 Å². The van der Waals surface area contributed by atoms with Crippen LogP contribution in [0.2, 0.25) is 0 Å². The number of methoxy groups -OCH3 is 1. The van der Waals surface area contributed by atoms with Crippen molar-refractivity contribution in [1.29, 1.82) is 0 Å². The van der Waals surface area contributed by atoms with Gasteiger partial charge in [0.1, 0.15) is 0 Å². The van der Waals surface area contributed by atoms with Crippen molar-refractivity contribution >= 4 is 16.5 Å². The average molecular weight is 311 g/mol. The highest BCUT2D eigenvalue weighted by Crippen LogP contribution is 2.31. The van der Waals surface area contributed by atoms with Gasteiger partial charge >= 0.3 is 0 Å². The molecule has 0 atom stereocenters. The average Bonchev–Trinajstić information content (AvgIpc) is 3.17. The quantitative estimate of drug-likeness (QED) is 0.872. The molecule has 0 bridgehead atoms. The number of anilines is 1. The molecule has 0 aromatic carbocycles. The van der Waals surface area contributed by atoms with Crippen molar-refractivity contribution in [1.82, 2.24) is 10.3 Å². The Morgan fingerprint density at radius 2 is 2.29 bits per heavy atom. The van der Waals surface area contributed by atoms with Gasteiger partial charge in [-0.25, -0.2) is 4.98 Å². The summed E-state index contributed by atoms with van der Waals surface area (Å²) >= 11 is 1.79. The molecular formula is C15H25N3O2S. The monoisotopic (exact) mass is 311 g/mol. The second-order valence-electron chi connectivity index (χ2n) is 6.48. The van der Waals surface area contributed by atoms with Crippen molar-refractivity contribution in [3.63, 3.8) is 0 Å². The molecule has 1 aromatic heterocycles. The molecule has 3 rings (SSSR count). The highest BCUT2D eigenvalue weighted by atomic mass is 32.1. The first-order chi connectivity index (χ1) is 10.1. The van der Waals surface area contributed by atoms with Crippen molar-refractivity contribution in [2.75, 3.05) is 31.7 Å². The molecule has 1 saturated heterocycles. The van der Waals surface area contributed by atoms with Crippen LogP contribution in [0.4, 0.5) is 5.13 Å². The van der Waals surface area contributed by atoms with Gasteiger partial charge in [0.2, 0.25) is 0 Å². The van der Waals surface area contributed by atoms with E-state index in [-0.39, 0.29) is 5.60 Å². The van der Waals surface area contributed by atoms with Gasteiger partial charge in [-0.15, -0.1) is 11.3 Å². The van der Waals surface area contributed by atoms with E-state index in [4.69, 9.17) is 14.5 Å². The van der Waals surface area contributed by atoms with E-state index in [0.29, 0.717) is 12.6 Å². The van der Waals surface area contributed by atoms with Crippen LogP contribution < -0.4 is 10.2 Å². The molecule has 6 heteroatoms. The van der Waals surface area contributed by atoms with Gasteiger partial charge in [0.15, 0.2) is 5.13 Å². The Labute approximate surface area is 130 Å². The molecule has 5 nitrogen and oxygen atoms in total. The number of nitrogens with one attached hydrogen (secondary N) is 1. The second kappa shape index (κ2) is 6.20. The molecule has 1 aliphatic carbocycles. The lowest BCUT2D eigenvalue weighted by molar-refractivity contribution is -0.0277. The summed E-state index contributed by atoms with van der Waals surface area (Å²) in [6.45, 7) is 8.35. The zero-order valence-corrected chi connectivity index (χ0v) is 14.0. The molecule has 0 spiro atoms. The lowest BCUT2D eigenvalue weighted by atomic mass is 10.1. The Morgan fingerprint density at radius 1 is 1.48 bits per heavy atom. The van der Waals surface area contributed by atoms with E-state index in [1.165, 1.54) is 17.7 Å². The zero-order valence-electron chi connectivity index (χ0n) is 13.1. The number of ether oxygens (including phenoxy) is 2. The molecule has 1 aromatic rings. The molecular weight excluding hydrogens is 286 g/mol. The molecule has 1 saturated carbocycles. The third-order valence-electron chi connectivity index (χ3n) is 3.87. The maximum atomic E-state index is 5.79. The highest BCUT2D eigenvalue weighted by molar-refractivity contribution is 7.15. The van der Waals surface area contributed by atoms with E-state index < -0.39 is 0 Å². The van der Waals surface area contributed by atoms with Gasteiger partial charge in [-0.2, -0.15) is 0 Å². The van der Waals surface area contributed by atoms with Gasteiger partial charge in [0.05, 0.1) is 24.5 Å². The summed E-state index contributed by atoms with van der Waals surface area (Å²) in [4.78, 5) is 8.46. The smallest absolute Gasteiger partial charge is 0.186 e. The van der Waals surface area contributed by atoms with Crippen LogP contribution in [-0.4, -0.2) is 43.4 Å². The number of rotatable bonds is 6. The number of thiazole rings is 1. The standard InChI is InChI=1S/C15H25N3O2S/c1-15(2)10-18(6-7-20-15)14-17-12(9-19-3)13(21-14)8-16-11-4-5-11/h11,16H,4-10H2,1-3H3. The van der Waals surface area contributed by atoms with Crippen molar-refractivity contribution in [3.05, 3.63) is 10.6 Å². The minimum atomic E-state index is -0.0994. The van der Waals surface area contributed by atoms with Gasteiger partial charge < -0.3 is 19.7 Å². The first-order valence-electron chi connectivity index (χ1n) is 7.67. The molecule has 1 N–H and O–H groups in total. The van der Waals surface area contributed by atoms with E-state index >= 15 is 0 Å². The fraction of sp³-hybridized carbons (Fsp3) is 0.800. The second-order valence-corrected chi connectivity index (χ2v) is 7.55. The van der Waals surface area contributed by atoms with Crippen LogP contribution in [0.5, 0.6) is 0 Å². The van der Waals surface area contributed by atoms with Crippen molar-refractivity contribution in [2.24, 2.45) is 0 Å². The molecule has 0 unspecified atom stereocenters. The van der Waals surface area contributed by atoms with E-state index in [2.05, 4.69) is 24.1 Å².